The van der Waals surface area contributed by atoms with Crippen molar-refractivity contribution in [3.63, 3.8) is 0 Å². The van der Waals surface area contributed by atoms with E-state index >= 15 is 0 Å². The zero-order valence-corrected chi connectivity index (χ0v) is 15.0. The lowest BCUT2D eigenvalue weighted by molar-refractivity contribution is -0.144. The molecule has 0 aliphatic carbocycles. The van der Waals surface area contributed by atoms with Crippen molar-refractivity contribution in [1.82, 2.24) is 14.7 Å². The highest BCUT2D eigenvalue weighted by molar-refractivity contribution is 5.81. The average molecular weight is 349 g/mol. The maximum Gasteiger partial charge on any atom is 0.323 e. The fraction of sp³-hybridized carbons (Fsp3) is 0.667. The van der Waals surface area contributed by atoms with Crippen LogP contribution >= 0.6 is 0 Å². The first kappa shape index (κ1) is 17.9. The van der Waals surface area contributed by atoms with E-state index in [1.54, 1.807) is 0 Å². The molecule has 138 valence electrons. The summed E-state index contributed by atoms with van der Waals surface area (Å²) in [5.41, 5.74) is -0.0806. The second-order valence-electron chi connectivity index (χ2n) is 7.33. The standard InChI is InChI=1S/C18H27N3O4/c1-14-3-4-15(25-14)11-20-10-9-19(2)18(13-20)6-5-16(22)21(8-7-18)12-17(23)24/h3-4H,5-13H2,1-2H3,(H,23,24). The van der Waals surface area contributed by atoms with Crippen molar-refractivity contribution in [2.45, 2.75) is 38.3 Å². The molecule has 1 spiro atoms. The lowest BCUT2D eigenvalue weighted by Crippen LogP contribution is -2.60. The van der Waals surface area contributed by atoms with Gasteiger partial charge in [-0.25, -0.2) is 0 Å². The van der Waals surface area contributed by atoms with E-state index < -0.39 is 5.97 Å². The largest absolute Gasteiger partial charge is 0.480 e. The molecule has 25 heavy (non-hydrogen) atoms. The number of carbonyl (C=O) groups is 2. The molecule has 3 heterocycles. The summed E-state index contributed by atoms with van der Waals surface area (Å²) in [6, 6.07) is 4.00. The van der Waals surface area contributed by atoms with Crippen molar-refractivity contribution < 1.29 is 19.1 Å². The molecule has 2 aliphatic rings. The molecule has 0 saturated carbocycles. The van der Waals surface area contributed by atoms with E-state index in [0.29, 0.717) is 13.0 Å². The van der Waals surface area contributed by atoms with E-state index in [1.807, 2.05) is 19.1 Å². The van der Waals surface area contributed by atoms with Gasteiger partial charge in [0.2, 0.25) is 5.91 Å². The highest BCUT2D eigenvalue weighted by Crippen LogP contribution is 2.32. The number of hydrogen-bond donors (Lipinski definition) is 1. The summed E-state index contributed by atoms with van der Waals surface area (Å²) < 4.78 is 5.71. The highest BCUT2D eigenvalue weighted by Gasteiger charge is 2.42. The van der Waals surface area contributed by atoms with Crippen LogP contribution in [0.5, 0.6) is 0 Å². The van der Waals surface area contributed by atoms with Crippen molar-refractivity contribution in [2.75, 3.05) is 39.8 Å². The summed E-state index contributed by atoms with van der Waals surface area (Å²) in [7, 11) is 2.12. The number of aryl methyl sites for hydroxylation is 1. The van der Waals surface area contributed by atoms with E-state index in [0.717, 1.165) is 50.5 Å². The van der Waals surface area contributed by atoms with Gasteiger partial charge in [0.15, 0.2) is 0 Å². The minimum atomic E-state index is -0.948. The third kappa shape index (κ3) is 4.04. The molecule has 2 fully saturated rings. The first-order valence-corrected chi connectivity index (χ1v) is 8.86. The third-order valence-corrected chi connectivity index (χ3v) is 5.58. The summed E-state index contributed by atoms with van der Waals surface area (Å²) in [6.45, 7) is 5.80. The van der Waals surface area contributed by atoms with E-state index in [2.05, 4.69) is 16.8 Å². The van der Waals surface area contributed by atoms with Gasteiger partial charge in [0, 0.05) is 38.1 Å². The van der Waals surface area contributed by atoms with Crippen molar-refractivity contribution >= 4 is 11.9 Å². The second kappa shape index (κ2) is 7.17. The maximum absolute atomic E-state index is 12.3. The van der Waals surface area contributed by atoms with Crippen LogP contribution in [0.3, 0.4) is 0 Å². The van der Waals surface area contributed by atoms with E-state index in [-0.39, 0.29) is 18.0 Å². The molecule has 1 amide bonds. The number of likely N-dealkylation sites (tertiary alicyclic amines) is 1. The Balaban J connectivity index is 1.69. The number of rotatable bonds is 4. The Morgan fingerprint density at radius 2 is 2.08 bits per heavy atom. The minimum absolute atomic E-state index is 0.0496. The summed E-state index contributed by atoms with van der Waals surface area (Å²) in [6.07, 6.45) is 1.98. The number of carboxylic acids is 1. The Hall–Kier alpha value is -1.86. The van der Waals surface area contributed by atoms with Crippen LogP contribution in [-0.2, 0) is 16.1 Å². The number of likely N-dealkylation sites (N-methyl/N-ethyl adjacent to an activating group) is 1. The lowest BCUT2D eigenvalue weighted by atomic mass is 9.86. The molecule has 0 aromatic carbocycles. The molecule has 1 aromatic heterocycles. The molecule has 1 aromatic rings. The van der Waals surface area contributed by atoms with Crippen molar-refractivity contribution in [2.24, 2.45) is 0 Å². The Bertz CT molecular complexity index is 644. The first-order chi connectivity index (χ1) is 11.9. The van der Waals surface area contributed by atoms with Crippen LogP contribution in [0.2, 0.25) is 0 Å². The van der Waals surface area contributed by atoms with Crippen LogP contribution in [0.25, 0.3) is 0 Å². The van der Waals surface area contributed by atoms with Gasteiger partial charge < -0.3 is 14.4 Å². The number of furan rings is 1. The molecule has 2 saturated heterocycles. The van der Waals surface area contributed by atoms with Gasteiger partial charge >= 0.3 is 5.97 Å². The number of hydrogen-bond acceptors (Lipinski definition) is 5. The van der Waals surface area contributed by atoms with Crippen LogP contribution in [0.15, 0.2) is 16.5 Å². The first-order valence-electron chi connectivity index (χ1n) is 8.86. The molecule has 1 unspecified atom stereocenters. The normalized spacial score (nSPS) is 26.2. The Morgan fingerprint density at radius 1 is 1.28 bits per heavy atom. The van der Waals surface area contributed by atoms with Gasteiger partial charge in [0.1, 0.15) is 18.1 Å². The second-order valence-corrected chi connectivity index (χ2v) is 7.33. The highest BCUT2D eigenvalue weighted by atomic mass is 16.4. The Morgan fingerprint density at radius 3 is 2.76 bits per heavy atom. The van der Waals surface area contributed by atoms with Gasteiger partial charge in [-0.1, -0.05) is 0 Å². The molecule has 2 aliphatic heterocycles. The van der Waals surface area contributed by atoms with Crippen LogP contribution in [0.1, 0.15) is 30.8 Å². The number of aliphatic carboxylic acids is 1. The predicted molar refractivity (Wildman–Crippen MR) is 92.1 cm³/mol. The molecular weight excluding hydrogens is 322 g/mol. The van der Waals surface area contributed by atoms with Crippen molar-refractivity contribution in [3.8, 4) is 0 Å². The van der Waals surface area contributed by atoms with Crippen molar-refractivity contribution in [3.05, 3.63) is 23.7 Å². The van der Waals surface area contributed by atoms with Gasteiger partial charge in [-0.15, -0.1) is 0 Å². The average Bonchev–Trinajstić information content (AvgIpc) is 2.90. The summed E-state index contributed by atoms with van der Waals surface area (Å²) in [4.78, 5) is 29.5. The van der Waals surface area contributed by atoms with Crippen LogP contribution in [0, 0.1) is 6.92 Å². The lowest BCUT2D eigenvalue weighted by Gasteiger charge is -2.49. The summed E-state index contributed by atoms with van der Waals surface area (Å²) in [5, 5.41) is 9.01. The molecule has 0 bridgehead atoms. The maximum atomic E-state index is 12.3. The van der Waals surface area contributed by atoms with Gasteiger partial charge in [-0.3, -0.25) is 19.4 Å². The van der Waals surface area contributed by atoms with E-state index in [1.165, 1.54) is 4.90 Å². The molecule has 3 rings (SSSR count). The molecule has 1 atom stereocenters. The van der Waals surface area contributed by atoms with Crippen molar-refractivity contribution in [1.29, 1.82) is 0 Å². The van der Waals surface area contributed by atoms with Gasteiger partial charge in [0.25, 0.3) is 0 Å². The smallest absolute Gasteiger partial charge is 0.323 e. The number of carbonyl (C=O) groups excluding carboxylic acids is 1. The molecule has 1 N–H and O–H groups in total. The number of piperazine rings is 1. The fourth-order valence-electron chi connectivity index (χ4n) is 4.03. The Labute approximate surface area is 148 Å². The SMILES string of the molecule is Cc1ccc(CN2CCN(C)C3(CCC(=O)N(CC(=O)O)CC3)C2)o1. The number of amides is 1. The zero-order valence-electron chi connectivity index (χ0n) is 15.0. The number of nitrogens with zero attached hydrogens (tertiary/aromatic N) is 3. The number of carboxylic acid groups (broad SMARTS) is 1. The van der Waals surface area contributed by atoms with Gasteiger partial charge in [-0.2, -0.15) is 0 Å². The van der Waals surface area contributed by atoms with Gasteiger partial charge in [0.05, 0.1) is 6.54 Å². The summed E-state index contributed by atoms with van der Waals surface area (Å²) in [5.74, 6) is 0.889. The third-order valence-electron chi connectivity index (χ3n) is 5.58. The van der Waals surface area contributed by atoms with Crippen LogP contribution in [-0.4, -0.2) is 77.0 Å². The monoisotopic (exact) mass is 349 g/mol. The fourth-order valence-corrected chi connectivity index (χ4v) is 4.03. The minimum Gasteiger partial charge on any atom is -0.480 e. The Kier molecular flexibility index (Phi) is 5.15. The van der Waals surface area contributed by atoms with E-state index in [9.17, 15) is 9.59 Å². The molecule has 7 nitrogen and oxygen atoms in total. The van der Waals surface area contributed by atoms with E-state index in [4.69, 9.17) is 9.52 Å². The quantitative estimate of drug-likeness (QED) is 0.879. The topological polar surface area (TPSA) is 77.2 Å². The zero-order chi connectivity index (χ0) is 18.0. The summed E-state index contributed by atoms with van der Waals surface area (Å²) >= 11 is 0. The molecular formula is C18H27N3O4. The molecule has 7 heteroatoms. The van der Waals surface area contributed by atoms with Gasteiger partial charge in [-0.05, 0) is 38.9 Å². The van der Waals surface area contributed by atoms with Crippen LogP contribution < -0.4 is 0 Å². The molecule has 0 radical (unpaired) electrons. The predicted octanol–water partition coefficient (Wildman–Crippen LogP) is 1.17. The van der Waals surface area contributed by atoms with Crippen LogP contribution in [0.4, 0.5) is 0 Å².